The molecule has 15 heteroatoms. The summed E-state index contributed by atoms with van der Waals surface area (Å²) in [7, 11) is 0. The first kappa shape index (κ1) is 27.7. The van der Waals surface area contributed by atoms with Gasteiger partial charge < -0.3 is 48.5 Å². The Morgan fingerprint density at radius 3 is 1.84 bits per heavy atom. The summed E-state index contributed by atoms with van der Waals surface area (Å²) in [6.07, 6.45) is -2.91. The van der Waals surface area contributed by atoms with E-state index in [9.17, 15) is 33.9 Å². The zero-order valence-electron chi connectivity index (χ0n) is 16.7. The molecule has 0 aliphatic rings. The number of primary amides is 2. The number of carboxylic acid groups (broad SMARTS) is 1. The number of carboxylic acids is 1. The number of rotatable bonds is 14. The maximum Gasteiger partial charge on any atom is 0.326 e. The molecule has 0 aliphatic carbocycles. The normalized spacial score (nSPS) is 15.5. The standard InChI is InChI=1S/C16H28N6O9/c1-6(24)12(15(29)20-8(16(30)31)2-3-10(18)25)22-14(28)9(4-11(19)26)21-13(27)7(17)5-23/h6-9,12,23-24H,2-5,17H2,1H3,(H2,18,25)(H2,19,26)(H,20,29)(H,21,27)(H,22,28)(H,30,31). The summed E-state index contributed by atoms with van der Waals surface area (Å²) < 4.78 is 0. The van der Waals surface area contributed by atoms with E-state index in [0.29, 0.717) is 0 Å². The van der Waals surface area contributed by atoms with Crippen LogP contribution in [0.25, 0.3) is 0 Å². The Kier molecular flexibility index (Phi) is 11.7. The number of aliphatic hydroxyl groups excluding tert-OH is 2. The number of hydrogen-bond acceptors (Lipinski definition) is 9. The average Bonchev–Trinajstić information content (AvgIpc) is 2.66. The molecule has 5 amide bonds. The molecule has 0 saturated heterocycles. The van der Waals surface area contributed by atoms with Crippen molar-refractivity contribution in [1.82, 2.24) is 16.0 Å². The van der Waals surface area contributed by atoms with E-state index in [1.807, 2.05) is 0 Å². The maximum atomic E-state index is 12.5. The van der Waals surface area contributed by atoms with Gasteiger partial charge in [-0.3, -0.25) is 24.0 Å². The van der Waals surface area contributed by atoms with Crippen LogP contribution in [0.15, 0.2) is 0 Å². The first-order valence-corrected chi connectivity index (χ1v) is 9.05. The van der Waals surface area contributed by atoms with Crippen molar-refractivity contribution in [3.05, 3.63) is 0 Å². The molecule has 0 bridgehead atoms. The summed E-state index contributed by atoms with van der Waals surface area (Å²) in [5, 5.41) is 34.1. The molecule has 176 valence electrons. The van der Waals surface area contributed by atoms with Gasteiger partial charge in [-0.15, -0.1) is 0 Å². The lowest BCUT2D eigenvalue weighted by Crippen LogP contribution is -2.60. The minimum absolute atomic E-state index is 0.337. The highest BCUT2D eigenvalue weighted by Gasteiger charge is 2.33. The largest absolute Gasteiger partial charge is 0.480 e. The van der Waals surface area contributed by atoms with Gasteiger partial charge in [0.05, 0.1) is 19.1 Å². The second-order valence-electron chi connectivity index (χ2n) is 6.65. The monoisotopic (exact) mass is 448 g/mol. The molecule has 0 saturated carbocycles. The molecule has 0 rings (SSSR count). The molecule has 31 heavy (non-hydrogen) atoms. The molecule has 0 radical (unpaired) electrons. The van der Waals surface area contributed by atoms with Crippen molar-refractivity contribution in [2.24, 2.45) is 17.2 Å². The maximum absolute atomic E-state index is 12.5. The van der Waals surface area contributed by atoms with Crippen LogP contribution in [0.1, 0.15) is 26.2 Å². The highest BCUT2D eigenvalue weighted by atomic mass is 16.4. The van der Waals surface area contributed by atoms with Gasteiger partial charge in [-0.2, -0.15) is 0 Å². The number of carbonyl (C=O) groups is 6. The molecule has 0 aromatic rings. The lowest BCUT2D eigenvalue weighted by molar-refractivity contribution is -0.143. The fourth-order valence-electron chi connectivity index (χ4n) is 2.24. The van der Waals surface area contributed by atoms with Crippen molar-refractivity contribution in [2.45, 2.75) is 56.5 Å². The molecule has 5 unspecified atom stereocenters. The highest BCUT2D eigenvalue weighted by Crippen LogP contribution is 2.02. The van der Waals surface area contributed by atoms with Crippen molar-refractivity contribution in [2.75, 3.05) is 6.61 Å². The molecule has 0 spiro atoms. The van der Waals surface area contributed by atoms with Crippen LogP contribution in [0.3, 0.4) is 0 Å². The lowest BCUT2D eigenvalue weighted by atomic mass is 10.1. The van der Waals surface area contributed by atoms with Crippen molar-refractivity contribution in [3.8, 4) is 0 Å². The molecule has 0 aromatic carbocycles. The van der Waals surface area contributed by atoms with Gasteiger partial charge in [0.15, 0.2) is 0 Å². The Labute approximate surface area is 176 Å². The van der Waals surface area contributed by atoms with E-state index in [-0.39, 0.29) is 12.8 Å². The molecular formula is C16H28N6O9. The first-order chi connectivity index (χ1) is 14.3. The van der Waals surface area contributed by atoms with Crippen LogP contribution in [-0.2, 0) is 28.8 Å². The highest BCUT2D eigenvalue weighted by molar-refractivity contribution is 5.96. The molecule has 0 aromatic heterocycles. The average molecular weight is 448 g/mol. The first-order valence-electron chi connectivity index (χ1n) is 9.05. The van der Waals surface area contributed by atoms with Crippen molar-refractivity contribution in [1.29, 1.82) is 0 Å². The topological polar surface area (TPSA) is 277 Å². The Balaban J connectivity index is 5.40. The quantitative estimate of drug-likeness (QED) is 0.121. The zero-order valence-corrected chi connectivity index (χ0v) is 16.7. The minimum atomic E-state index is -1.69. The van der Waals surface area contributed by atoms with Crippen molar-refractivity contribution in [3.63, 3.8) is 0 Å². The predicted octanol–water partition coefficient (Wildman–Crippen LogP) is -5.63. The van der Waals surface area contributed by atoms with Crippen LogP contribution in [-0.4, -0.2) is 87.7 Å². The van der Waals surface area contributed by atoms with Gasteiger partial charge in [0, 0.05) is 6.42 Å². The van der Waals surface area contributed by atoms with Crippen LogP contribution < -0.4 is 33.2 Å². The van der Waals surface area contributed by atoms with Gasteiger partial charge in [-0.25, -0.2) is 4.79 Å². The van der Waals surface area contributed by atoms with Crippen LogP contribution >= 0.6 is 0 Å². The third-order valence-electron chi connectivity index (χ3n) is 3.93. The van der Waals surface area contributed by atoms with E-state index >= 15 is 0 Å². The molecule has 15 nitrogen and oxygen atoms in total. The molecule has 12 N–H and O–H groups in total. The number of aliphatic hydroxyl groups is 2. The zero-order chi connectivity index (χ0) is 24.3. The molecule has 0 fully saturated rings. The van der Waals surface area contributed by atoms with Gasteiger partial charge in [-0.05, 0) is 13.3 Å². The Hall–Kier alpha value is -3.30. The smallest absolute Gasteiger partial charge is 0.326 e. The summed E-state index contributed by atoms with van der Waals surface area (Å²) in [4.78, 5) is 70.0. The third kappa shape index (κ3) is 10.3. The summed E-state index contributed by atoms with van der Waals surface area (Å²) in [5.74, 6) is -6.49. The number of nitrogens with one attached hydrogen (secondary N) is 3. The minimum Gasteiger partial charge on any atom is -0.480 e. The lowest BCUT2D eigenvalue weighted by Gasteiger charge is -2.26. The van der Waals surface area contributed by atoms with Crippen LogP contribution in [0, 0.1) is 0 Å². The van der Waals surface area contributed by atoms with Crippen LogP contribution in [0.5, 0.6) is 0 Å². The Bertz CT molecular complexity index is 699. The van der Waals surface area contributed by atoms with Crippen LogP contribution in [0.4, 0.5) is 0 Å². The summed E-state index contributed by atoms with van der Waals surface area (Å²) in [6, 6.07) is -6.23. The molecule has 0 heterocycles. The van der Waals surface area contributed by atoms with E-state index in [2.05, 4.69) is 16.0 Å². The Morgan fingerprint density at radius 1 is 0.871 bits per heavy atom. The number of nitrogens with two attached hydrogens (primary N) is 3. The van der Waals surface area contributed by atoms with Crippen molar-refractivity contribution < 1.29 is 44.1 Å². The Morgan fingerprint density at radius 2 is 1.42 bits per heavy atom. The van der Waals surface area contributed by atoms with E-state index < -0.39 is 78.8 Å². The van der Waals surface area contributed by atoms with E-state index in [0.717, 1.165) is 6.92 Å². The van der Waals surface area contributed by atoms with Gasteiger partial charge in [0.1, 0.15) is 24.2 Å². The predicted molar refractivity (Wildman–Crippen MR) is 102 cm³/mol. The van der Waals surface area contributed by atoms with Gasteiger partial charge in [-0.1, -0.05) is 0 Å². The van der Waals surface area contributed by atoms with E-state index in [1.165, 1.54) is 0 Å². The van der Waals surface area contributed by atoms with Crippen LogP contribution in [0.2, 0.25) is 0 Å². The van der Waals surface area contributed by atoms with Crippen molar-refractivity contribution >= 4 is 35.5 Å². The van der Waals surface area contributed by atoms with E-state index in [1.54, 1.807) is 0 Å². The van der Waals surface area contributed by atoms with Gasteiger partial charge in [0.25, 0.3) is 0 Å². The number of carbonyl (C=O) groups excluding carboxylic acids is 5. The fraction of sp³-hybridized carbons (Fsp3) is 0.625. The number of hydrogen-bond donors (Lipinski definition) is 9. The third-order valence-corrected chi connectivity index (χ3v) is 3.93. The fourth-order valence-corrected chi connectivity index (χ4v) is 2.24. The SMILES string of the molecule is CC(O)C(NC(=O)C(CC(N)=O)NC(=O)C(N)CO)C(=O)NC(CCC(N)=O)C(=O)O. The summed E-state index contributed by atoms with van der Waals surface area (Å²) >= 11 is 0. The molecule has 0 aliphatic heterocycles. The second kappa shape index (κ2) is 13.1. The molecular weight excluding hydrogens is 420 g/mol. The molecule has 5 atom stereocenters. The van der Waals surface area contributed by atoms with E-state index in [4.69, 9.17) is 27.4 Å². The summed E-state index contributed by atoms with van der Waals surface area (Å²) in [5.41, 5.74) is 15.3. The van der Waals surface area contributed by atoms with Gasteiger partial charge >= 0.3 is 5.97 Å². The van der Waals surface area contributed by atoms with Gasteiger partial charge in [0.2, 0.25) is 29.5 Å². The number of aliphatic carboxylic acids is 1. The summed E-state index contributed by atoms with van der Waals surface area (Å²) in [6.45, 7) is 0.365. The second-order valence-corrected chi connectivity index (χ2v) is 6.65. The number of amides is 5.